The fourth-order valence-electron chi connectivity index (χ4n) is 1.82. The number of benzene rings is 1. The van der Waals surface area contributed by atoms with Crippen molar-refractivity contribution in [2.45, 2.75) is 10.9 Å². The normalized spacial score (nSPS) is 12.6. The first-order valence-corrected chi connectivity index (χ1v) is 7.59. The largest absolute Gasteiger partial charge is 0.311 e. The van der Waals surface area contributed by atoms with Crippen LogP contribution in [0.3, 0.4) is 0 Å². The molecule has 0 amide bonds. The first-order chi connectivity index (χ1) is 9.11. The summed E-state index contributed by atoms with van der Waals surface area (Å²) in [5, 5.41) is 8.89. The third-order valence-corrected chi connectivity index (χ3v) is 4.50. The van der Waals surface area contributed by atoms with E-state index in [2.05, 4.69) is 10.4 Å². The maximum Gasteiger partial charge on any atom is 0.0834 e. The van der Waals surface area contributed by atoms with E-state index in [1.807, 2.05) is 43.0 Å². The fraction of sp³-hybridized carbons (Fsp3) is 0.308. The van der Waals surface area contributed by atoms with E-state index in [9.17, 15) is 0 Å². The van der Waals surface area contributed by atoms with E-state index >= 15 is 0 Å². The molecule has 0 fully saturated rings. The predicted octanol–water partition coefficient (Wildman–Crippen LogP) is 3.78. The summed E-state index contributed by atoms with van der Waals surface area (Å²) in [4.78, 5) is 1.18. The van der Waals surface area contributed by atoms with Crippen LogP contribution in [-0.2, 0) is 7.05 Å². The molecule has 0 aliphatic rings. The average molecular weight is 316 g/mol. The summed E-state index contributed by atoms with van der Waals surface area (Å²) in [6.07, 6.45) is 1.67. The molecule has 1 atom stereocenters. The van der Waals surface area contributed by atoms with Crippen LogP contribution in [-0.4, -0.2) is 22.6 Å². The van der Waals surface area contributed by atoms with E-state index in [1.165, 1.54) is 4.90 Å². The topological polar surface area (TPSA) is 29.9 Å². The van der Waals surface area contributed by atoms with Crippen molar-refractivity contribution in [3.8, 4) is 0 Å². The number of hydrogen-bond acceptors (Lipinski definition) is 3. The van der Waals surface area contributed by atoms with Gasteiger partial charge in [0.05, 0.1) is 23.0 Å². The molecule has 1 aromatic carbocycles. The Bertz CT molecular complexity index is 520. The zero-order valence-corrected chi connectivity index (χ0v) is 13.1. The highest BCUT2D eigenvalue weighted by atomic mass is 35.5. The van der Waals surface area contributed by atoms with Crippen molar-refractivity contribution in [1.29, 1.82) is 0 Å². The van der Waals surface area contributed by atoms with E-state index in [-0.39, 0.29) is 6.04 Å². The van der Waals surface area contributed by atoms with Crippen molar-refractivity contribution in [1.82, 2.24) is 15.1 Å². The van der Waals surface area contributed by atoms with Crippen molar-refractivity contribution in [2.75, 3.05) is 12.8 Å². The van der Waals surface area contributed by atoms with E-state index < -0.39 is 0 Å². The van der Waals surface area contributed by atoms with Gasteiger partial charge in [0.1, 0.15) is 0 Å². The molecule has 3 nitrogen and oxygen atoms in total. The van der Waals surface area contributed by atoms with Crippen LogP contribution in [0.2, 0.25) is 10.0 Å². The monoisotopic (exact) mass is 315 g/mol. The first-order valence-electron chi connectivity index (χ1n) is 5.85. The van der Waals surface area contributed by atoms with Gasteiger partial charge in [-0.15, -0.1) is 11.8 Å². The summed E-state index contributed by atoms with van der Waals surface area (Å²) in [6.45, 7) is 0. The van der Waals surface area contributed by atoms with Crippen molar-refractivity contribution in [3.05, 3.63) is 46.2 Å². The van der Waals surface area contributed by atoms with Gasteiger partial charge in [0.15, 0.2) is 0 Å². The maximum atomic E-state index is 6.17. The van der Waals surface area contributed by atoms with E-state index in [1.54, 1.807) is 18.0 Å². The molecule has 2 rings (SSSR count). The molecule has 0 spiro atoms. The lowest BCUT2D eigenvalue weighted by molar-refractivity contribution is 0.586. The Morgan fingerprint density at radius 2 is 2.00 bits per heavy atom. The highest BCUT2D eigenvalue weighted by molar-refractivity contribution is 7.99. The van der Waals surface area contributed by atoms with Gasteiger partial charge in [-0.3, -0.25) is 4.68 Å². The molecule has 102 valence electrons. The van der Waals surface area contributed by atoms with Gasteiger partial charge in [-0.05, 0) is 31.3 Å². The van der Waals surface area contributed by atoms with Gasteiger partial charge >= 0.3 is 0 Å². The van der Waals surface area contributed by atoms with E-state index in [0.717, 1.165) is 16.5 Å². The summed E-state index contributed by atoms with van der Waals surface area (Å²) in [5.74, 6) is 0.872. The highest BCUT2D eigenvalue weighted by Crippen LogP contribution is 2.28. The second-order valence-corrected chi connectivity index (χ2v) is 6.04. The number of hydrogen-bond donors (Lipinski definition) is 1. The number of thioether (sulfide) groups is 1. The highest BCUT2D eigenvalue weighted by Gasteiger charge is 2.17. The standard InChI is InChI=1S/C13H15Cl2N3S/c1-16-12(13-11(15)7-17-18(13)2)8-19-10-5-3-9(14)4-6-10/h3-7,12,16H,8H2,1-2H3. The lowest BCUT2D eigenvalue weighted by Gasteiger charge is -2.16. The molecule has 0 aliphatic heterocycles. The number of nitrogens with one attached hydrogen (secondary N) is 1. The van der Waals surface area contributed by atoms with Crippen LogP contribution in [0.1, 0.15) is 11.7 Å². The molecule has 0 saturated heterocycles. The number of halogens is 2. The third kappa shape index (κ3) is 3.66. The Kier molecular flexibility index (Phi) is 5.16. The number of aromatic nitrogens is 2. The quantitative estimate of drug-likeness (QED) is 0.852. The van der Waals surface area contributed by atoms with E-state index in [0.29, 0.717) is 5.02 Å². The molecule has 2 aromatic rings. The number of nitrogens with zero attached hydrogens (tertiary/aromatic N) is 2. The molecule has 1 heterocycles. The van der Waals surface area contributed by atoms with Gasteiger partial charge in [-0.25, -0.2) is 0 Å². The summed E-state index contributed by atoms with van der Waals surface area (Å²) in [6, 6.07) is 7.99. The summed E-state index contributed by atoms with van der Waals surface area (Å²) in [7, 11) is 3.83. The van der Waals surface area contributed by atoms with Crippen LogP contribution in [0, 0.1) is 0 Å². The molecular weight excluding hydrogens is 301 g/mol. The van der Waals surface area contributed by atoms with Crippen molar-refractivity contribution < 1.29 is 0 Å². The summed E-state index contributed by atoms with van der Waals surface area (Å²) in [5.41, 5.74) is 1.01. The minimum Gasteiger partial charge on any atom is -0.311 e. The van der Waals surface area contributed by atoms with Crippen LogP contribution in [0.4, 0.5) is 0 Å². The number of aryl methyl sites for hydroxylation is 1. The predicted molar refractivity (Wildman–Crippen MR) is 82.2 cm³/mol. The average Bonchev–Trinajstić information content (AvgIpc) is 2.73. The Morgan fingerprint density at radius 3 is 2.53 bits per heavy atom. The van der Waals surface area contributed by atoms with Crippen LogP contribution in [0.25, 0.3) is 0 Å². The Morgan fingerprint density at radius 1 is 1.32 bits per heavy atom. The Balaban J connectivity index is 2.06. The van der Waals surface area contributed by atoms with Gasteiger partial charge in [-0.2, -0.15) is 5.10 Å². The van der Waals surface area contributed by atoms with Gasteiger partial charge < -0.3 is 5.32 Å². The van der Waals surface area contributed by atoms with Crippen molar-refractivity contribution in [3.63, 3.8) is 0 Å². The molecule has 0 radical (unpaired) electrons. The first kappa shape index (κ1) is 14.7. The molecule has 0 bridgehead atoms. The summed E-state index contributed by atoms with van der Waals surface area (Å²) >= 11 is 13.8. The van der Waals surface area contributed by atoms with Gasteiger partial charge in [0.25, 0.3) is 0 Å². The van der Waals surface area contributed by atoms with Crippen LogP contribution >= 0.6 is 35.0 Å². The smallest absolute Gasteiger partial charge is 0.0834 e. The molecule has 6 heteroatoms. The molecule has 1 unspecified atom stereocenters. The van der Waals surface area contributed by atoms with Crippen molar-refractivity contribution in [2.24, 2.45) is 7.05 Å². The second kappa shape index (κ2) is 6.66. The Hall–Kier alpha value is -0.680. The van der Waals surface area contributed by atoms with E-state index in [4.69, 9.17) is 23.2 Å². The van der Waals surface area contributed by atoms with Gasteiger partial charge in [0, 0.05) is 22.7 Å². The zero-order chi connectivity index (χ0) is 13.8. The molecule has 19 heavy (non-hydrogen) atoms. The lowest BCUT2D eigenvalue weighted by atomic mass is 10.2. The minimum atomic E-state index is 0.153. The summed E-state index contributed by atoms with van der Waals surface area (Å²) < 4.78 is 1.81. The van der Waals surface area contributed by atoms with Crippen LogP contribution in [0.15, 0.2) is 35.4 Å². The number of rotatable bonds is 5. The van der Waals surface area contributed by atoms with Gasteiger partial charge in [-0.1, -0.05) is 23.2 Å². The molecule has 1 aromatic heterocycles. The molecule has 0 aliphatic carbocycles. The minimum absolute atomic E-state index is 0.153. The van der Waals surface area contributed by atoms with Gasteiger partial charge in [0.2, 0.25) is 0 Å². The molecular formula is C13H15Cl2N3S. The van der Waals surface area contributed by atoms with Crippen molar-refractivity contribution >= 4 is 35.0 Å². The zero-order valence-electron chi connectivity index (χ0n) is 10.7. The lowest BCUT2D eigenvalue weighted by Crippen LogP contribution is -2.22. The van der Waals surface area contributed by atoms with Crippen LogP contribution < -0.4 is 5.32 Å². The second-order valence-electron chi connectivity index (χ2n) is 4.11. The maximum absolute atomic E-state index is 6.17. The third-order valence-electron chi connectivity index (χ3n) is 2.85. The SMILES string of the molecule is CNC(CSc1ccc(Cl)cc1)c1c(Cl)cnn1C. The molecule has 0 saturated carbocycles. The van der Waals surface area contributed by atoms with Crippen LogP contribution in [0.5, 0.6) is 0 Å². The molecule has 1 N–H and O–H groups in total. The fourth-order valence-corrected chi connectivity index (χ4v) is 3.26. The Labute approximate surface area is 127 Å².